The van der Waals surface area contributed by atoms with Crippen molar-refractivity contribution in [2.75, 3.05) is 7.05 Å². The maximum atomic E-state index is 12.4. The van der Waals surface area contributed by atoms with Crippen molar-refractivity contribution in [2.45, 2.75) is 26.3 Å². The number of primary amides is 1. The number of nitrogens with zero attached hydrogens (tertiary/aromatic N) is 1. The number of fused-ring (bicyclic) bond motifs is 1. The van der Waals surface area contributed by atoms with Crippen LogP contribution in [0, 0.1) is 5.92 Å². The van der Waals surface area contributed by atoms with Crippen LogP contribution in [0.1, 0.15) is 45.3 Å². The van der Waals surface area contributed by atoms with E-state index in [-0.39, 0.29) is 11.7 Å². The lowest BCUT2D eigenvalue weighted by Crippen LogP contribution is -2.22. The second-order valence-electron chi connectivity index (χ2n) is 6.23. The zero-order valence-corrected chi connectivity index (χ0v) is 13.4. The average molecular weight is 311 g/mol. The highest BCUT2D eigenvalue weighted by Gasteiger charge is 2.31. The van der Waals surface area contributed by atoms with Gasteiger partial charge in [0.15, 0.2) is 5.78 Å². The van der Waals surface area contributed by atoms with Crippen molar-refractivity contribution in [3.8, 4) is 5.69 Å². The molecule has 1 aliphatic rings. The zero-order chi connectivity index (χ0) is 16.6. The number of ketones is 1. The molecule has 0 spiro atoms. The van der Waals surface area contributed by atoms with Crippen molar-refractivity contribution in [1.29, 1.82) is 0 Å². The van der Waals surface area contributed by atoms with Gasteiger partial charge in [0, 0.05) is 30.5 Å². The van der Waals surface area contributed by atoms with Crippen LogP contribution < -0.4 is 11.1 Å². The quantitative estimate of drug-likeness (QED) is 0.907. The molecule has 1 heterocycles. The molecule has 0 radical (unpaired) electrons. The summed E-state index contributed by atoms with van der Waals surface area (Å²) in [5.41, 5.74) is 9.33. The Morgan fingerprint density at radius 2 is 2.00 bits per heavy atom. The number of Topliss-reactive ketones (excluding diaryl/α,β-unsaturated/α-hetero) is 1. The summed E-state index contributed by atoms with van der Waals surface area (Å²) in [4.78, 5) is 24.1. The number of carbonyl (C=O) groups excluding carboxylic acids is 2. The minimum absolute atomic E-state index is 0.0121. The zero-order valence-electron chi connectivity index (χ0n) is 13.4. The summed E-state index contributed by atoms with van der Waals surface area (Å²) in [5.74, 6) is -0.263. The number of hydrogen-bond acceptors (Lipinski definition) is 3. The SMILES string of the molecule is CNCc1ccc(-n2cc(C(N)=O)c3c2CC(C)CC3=O)cc1. The minimum atomic E-state index is -0.547. The van der Waals surface area contributed by atoms with Gasteiger partial charge in [0.2, 0.25) is 0 Å². The lowest BCUT2D eigenvalue weighted by atomic mass is 9.86. The van der Waals surface area contributed by atoms with Crippen molar-refractivity contribution in [3.05, 3.63) is 52.8 Å². The van der Waals surface area contributed by atoms with E-state index < -0.39 is 5.91 Å². The largest absolute Gasteiger partial charge is 0.366 e. The molecule has 5 nitrogen and oxygen atoms in total. The van der Waals surface area contributed by atoms with Crippen LogP contribution in [0.25, 0.3) is 5.69 Å². The highest BCUT2D eigenvalue weighted by atomic mass is 16.1. The topological polar surface area (TPSA) is 77.1 Å². The number of aromatic nitrogens is 1. The molecule has 0 aliphatic heterocycles. The molecule has 1 atom stereocenters. The maximum Gasteiger partial charge on any atom is 0.251 e. The van der Waals surface area contributed by atoms with Crippen molar-refractivity contribution < 1.29 is 9.59 Å². The van der Waals surface area contributed by atoms with E-state index in [0.29, 0.717) is 17.5 Å². The maximum absolute atomic E-state index is 12.4. The van der Waals surface area contributed by atoms with E-state index in [1.807, 2.05) is 35.9 Å². The van der Waals surface area contributed by atoms with Gasteiger partial charge in [0.05, 0.1) is 11.1 Å². The molecule has 5 heteroatoms. The summed E-state index contributed by atoms with van der Waals surface area (Å²) < 4.78 is 1.94. The van der Waals surface area contributed by atoms with Gasteiger partial charge in [-0.3, -0.25) is 9.59 Å². The van der Waals surface area contributed by atoms with Crippen LogP contribution in [-0.4, -0.2) is 23.3 Å². The average Bonchev–Trinajstić information content (AvgIpc) is 2.88. The van der Waals surface area contributed by atoms with Crippen LogP contribution in [0.5, 0.6) is 0 Å². The Morgan fingerprint density at radius 1 is 1.30 bits per heavy atom. The first-order valence-corrected chi connectivity index (χ1v) is 7.82. The monoisotopic (exact) mass is 311 g/mol. The van der Waals surface area contributed by atoms with Crippen molar-refractivity contribution >= 4 is 11.7 Å². The van der Waals surface area contributed by atoms with Crippen LogP contribution >= 0.6 is 0 Å². The molecule has 120 valence electrons. The third kappa shape index (κ3) is 2.80. The first kappa shape index (κ1) is 15.5. The number of benzene rings is 1. The van der Waals surface area contributed by atoms with Gasteiger partial charge in [-0.15, -0.1) is 0 Å². The molecule has 0 saturated heterocycles. The first-order valence-electron chi connectivity index (χ1n) is 7.82. The van der Waals surface area contributed by atoms with E-state index in [0.717, 1.165) is 24.3 Å². The van der Waals surface area contributed by atoms with Crippen LogP contribution in [0.15, 0.2) is 30.5 Å². The molecule has 3 N–H and O–H groups in total. The molecule has 0 fully saturated rings. The lowest BCUT2D eigenvalue weighted by Gasteiger charge is -2.20. The van der Waals surface area contributed by atoms with E-state index in [1.54, 1.807) is 6.20 Å². The number of nitrogens with one attached hydrogen (secondary N) is 1. The summed E-state index contributed by atoms with van der Waals surface area (Å²) in [5, 5.41) is 3.11. The predicted molar refractivity (Wildman–Crippen MR) is 88.9 cm³/mol. The number of rotatable bonds is 4. The van der Waals surface area contributed by atoms with Crippen LogP contribution in [0.3, 0.4) is 0 Å². The smallest absolute Gasteiger partial charge is 0.251 e. The highest BCUT2D eigenvalue weighted by Crippen LogP contribution is 2.31. The molecular formula is C18H21N3O2. The summed E-state index contributed by atoms with van der Waals surface area (Å²) in [6.45, 7) is 2.85. The van der Waals surface area contributed by atoms with Gasteiger partial charge >= 0.3 is 0 Å². The van der Waals surface area contributed by atoms with E-state index >= 15 is 0 Å². The Hall–Kier alpha value is -2.40. The minimum Gasteiger partial charge on any atom is -0.366 e. The Balaban J connectivity index is 2.11. The number of amides is 1. The normalized spacial score (nSPS) is 17.1. The van der Waals surface area contributed by atoms with Gasteiger partial charge in [0.1, 0.15) is 0 Å². The molecular weight excluding hydrogens is 290 g/mol. The van der Waals surface area contributed by atoms with Gasteiger partial charge in [-0.25, -0.2) is 0 Å². The van der Waals surface area contributed by atoms with E-state index in [1.165, 1.54) is 5.56 Å². The molecule has 0 bridgehead atoms. The molecule has 1 amide bonds. The molecule has 0 saturated carbocycles. The molecule has 23 heavy (non-hydrogen) atoms. The van der Waals surface area contributed by atoms with E-state index in [2.05, 4.69) is 12.2 Å². The lowest BCUT2D eigenvalue weighted by molar-refractivity contribution is 0.0935. The fourth-order valence-corrected chi connectivity index (χ4v) is 3.28. The fourth-order valence-electron chi connectivity index (χ4n) is 3.28. The van der Waals surface area contributed by atoms with Crippen molar-refractivity contribution in [2.24, 2.45) is 11.7 Å². The standard InChI is InChI=1S/C18H21N3O2/c1-11-7-15-17(16(22)8-11)14(18(19)23)10-21(15)13-5-3-12(4-6-13)9-20-2/h3-6,10-11,20H,7-9H2,1-2H3,(H2,19,23). The van der Waals surface area contributed by atoms with E-state index in [4.69, 9.17) is 5.73 Å². The second kappa shape index (κ2) is 6.01. The summed E-state index contributed by atoms with van der Waals surface area (Å²) in [6, 6.07) is 8.08. The van der Waals surface area contributed by atoms with Gasteiger partial charge in [0.25, 0.3) is 5.91 Å². The third-order valence-corrected chi connectivity index (χ3v) is 4.32. The molecule has 1 unspecified atom stereocenters. The van der Waals surface area contributed by atoms with Crippen LogP contribution in [-0.2, 0) is 13.0 Å². The molecule has 1 aliphatic carbocycles. The highest BCUT2D eigenvalue weighted by molar-refractivity contribution is 6.09. The first-order chi connectivity index (χ1) is 11.0. The predicted octanol–water partition coefficient (Wildman–Crippen LogP) is 2.06. The Labute approximate surface area is 135 Å². The van der Waals surface area contributed by atoms with Gasteiger partial charge in [-0.2, -0.15) is 0 Å². The summed E-state index contributed by atoms with van der Waals surface area (Å²) >= 11 is 0. The van der Waals surface area contributed by atoms with Crippen LogP contribution in [0.4, 0.5) is 0 Å². The number of nitrogens with two attached hydrogens (primary N) is 1. The molecule has 3 rings (SSSR count). The Bertz CT molecular complexity index is 759. The van der Waals surface area contributed by atoms with Crippen molar-refractivity contribution in [3.63, 3.8) is 0 Å². The Morgan fingerprint density at radius 3 is 2.61 bits per heavy atom. The van der Waals surface area contributed by atoms with Crippen molar-refractivity contribution in [1.82, 2.24) is 9.88 Å². The Kier molecular flexibility index (Phi) is 4.05. The molecule has 2 aromatic rings. The number of carbonyl (C=O) groups is 2. The summed E-state index contributed by atoms with van der Waals surface area (Å²) in [7, 11) is 1.91. The summed E-state index contributed by atoms with van der Waals surface area (Å²) in [6.07, 6.45) is 2.95. The van der Waals surface area contributed by atoms with Gasteiger partial charge < -0.3 is 15.6 Å². The van der Waals surface area contributed by atoms with Gasteiger partial charge in [-0.05, 0) is 37.1 Å². The molecule has 1 aromatic carbocycles. The van der Waals surface area contributed by atoms with E-state index in [9.17, 15) is 9.59 Å². The third-order valence-electron chi connectivity index (χ3n) is 4.32. The fraction of sp³-hybridized carbons (Fsp3) is 0.333. The number of hydrogen-bond donors (Lipinski definition) is 2. The second-order valence-corrected chi connectivity index (χ2v) is 6.23. The molecule has 1 aromatic heterocycles. The van der Waals surface area contributed by atoms with Gasteiger partial charge in [-0.1, -0.05) is 19.1 Å². The van der Waals surface area contributed by atoms with Crippen LogP contribution in [0.2, 0.25) is 0 Å².